The number of anilines is 1. The molecule has 23 heavy (non-hydrogen) atoms. The molecule has 2 rings (SSSR count). The number of nitrogens with one attached hydrogen (secondary N) is 1. The third-order valence-corrected chi connectivity index (χ3v) is 4.27. The molecule has 0 radical (unpaired) electrons. The number of carbonyl (C=O) groups is 1. The first-order chi connectivity index (χ1) is 11.0. The van der Waals surface area contributed by atoms with E-state index in [9.17, 15) is 14.9 Å². The fourth-order valence-electron chi connectivity index (χ4n) is 1.96. The molecule has 0 unspecified atom stereocenters. The molecular weight excluding hydrogens is 318 g/mol. The van der Waals surface area contributed by atoms with E-state index >= 15 is 0 Å². The number of thiazole rings is 1. The lowest BCUT2D eigenvalue weighted by Gasteiger charge is -2.03. The van der Waals surface area contributed by atoms with Crippen molar-refractivity contribution < 1.29 is 14.5 Å². The van der Waals surface area contributed by atoms with Gasteiger partial charge in [0.2, 0.25) is 0 Å². The molecule has 0 amide bonds. The topological polar surface area (TPSA) is 94.4 Å². The second-order valence-electron chi connectivity index (χ2n) is 4.60. The van der Waals surface area contributed by atoms with E-state index in [-0.39, 0.29) is 5.69 Å². The van der Waals surface area contributed by atoms with Crippen molar-refractivity contribution in [3.8, 4) is 11.3 Å². The number of carbonyl (C=O) groups excluding carboxylic acids is 1. The van der Waals surface area contributed by atoms with Crippen molar-refractivity contribution in [3.63, 3.8) is 0 Å². The summed E-state index contributed by atoms with van der Waals surface area (Å²) in [5, 5.41) is 14.6. The van der Waals surface area contributed by atoms with Crippen LogP contribution in [0.5, 0.6) is 0 Å². The molecule has 1 N–H and O–H groups in total. The molecular formula is C15H15N3O4S. The van der Waals surface area contributed by atoms with Crippen molar-refractivity contribution >= 4 is 33.7 Å². The number of non-ortho nitro benzene ring substituents is 1. The molecule has 120 valence electrons. The number of nitrogens with zero attached hydrogens (tertiary/aromatic N) is 2. The Morgan fingerprint density at radius 3 is 2.83 bits per heavy atom. The third-order valence-electron chi connectivity index (χ3n) is 3.07. The molecule has 0 saturated heterocycles. The summed E-state index contributed by atoms with van der Waals surface area (Å²) in [5.74, 6) is -0.466. The van der Waals surface area contributed by atoms with Crippen LogP contribution in [-0.2, 0) is 9.53 Å². The fourth-order valence-corrected chi connectivity index (χ4v) is 2.87. The molecule has 2 aromatic rings. The maximum absolute atomic E-state index is 11.4. The summed E-state index contributed by atoms with van der Waals surface area (Å²) in [6.07, 6.45) is 1.37. The highest BCUT2D eigenvalue weighted by atomic mass is 32.1. The van der Waals surface area contributed by atoms with Crippen LogP contribution >= 0.6 is 11.3 Å². The number of nitro groups is 1. The van der Waals surface area contributed by atoms with Gasteiger partial charge in [-0.3, -0.25) is 10.1 Å². The predicted molar refractivity (Wildman–Crippen MR) is 89.4 cm³/mol. The Balaban J connectivity index is 2.56. The number of esters is 1. The summed E-state index contributed by atoms with van der Waals surface area (Å²) in [5.41, 5.74) is 1.87. The minimum absolute atomic E-state index is 0.0120. The lowest BCUT2D eigenvalue weighted by atomic mass is 10.1. The summed E-state index contributed by atoms with van der Waals surface area (Å²) < 4.78 is 4.64. The van der Waals surface area contributed by atoms with Gasteiger partial charge in [0.05, 0.1) is 22.6 Å². The van der Waals surface area contributed by atoms with Gasteiger partial charge in [0.15, 0.2) is 5.13 Å². The molecule has 0 saturated carbocycles. The van der Waals surface area contributed by atoms with E-state index in [0.717, 1.165) is 4.88 Å². The Bertz CT molecular complexity index is 783. The quantitative estimate of drug-likeness (QED) is 0.390. The number of hydrogen-bond acceptors (Lipinski definition) is 7. The molecule has 0 aliphatic rings. The lowest BCUT2D eigenvalue weighted by Crippen LogP contribution is -1.96. The first-order valence-electron chi connectivity index (χ1n) is 6.66. The zero-order chi connectivity index (χ0) is 17.0. The zero-order valence-electron chi connectivity index (χ0n) is 12.8. The summed E-state index contributed by atoms with van der Waals surface area (Å²) in [6.45, 7) is 1.77. The Kier molecular flexibility index (Phi) is 5.07. The molecule has 1 aromatic heterocycles. The zero-order valence-corrected chi connectivity index (χ0v) is 13.6. The van der Waals surface area contributed by atoms with Gasteiger partial charge in [-0.2, -0.15) is 0 Å². The Hall–Kier alpha value is -2.74. The number of ether oxygens (including phenoxy) is 1. The van der Waals surface area contributed by atoms with Gasteiger partial charge in [-0.1, -0.05) is 23.5 Å². The summed E-state index contributed by atoms with van der Waals surface area (Å²) in [4.78, 5) is 27.1. The van der Waals surface area contributed by atoms with E-state index in [0.29, 0.717) is 22.0 Å². The summed E-state index contributed by atoms with van der Waals surface area (Å²) in [7, 11) is 3.04. The number of hydrogen-bond donors (Lipinski definition) is 1. The normalized spacial score (nSPS) is 11.2. The average molecular weight is 333 g/mol. The van der Waals surface area contributed by atoms with Crippen LogP contribution < -0.4 is 5.32 Å². The first-order valence-corrected chi connectivity index (χ1v) is 7.48. The van der Waals surface area contributed by atoms with Crippen LogP contribution in [-0.4, -0.2) is 30.0 Å². The summed E-state index contributed by atoms with van der Waals surface area (Å²) in [6, 6.07) is 6.24. The molecule has 1 heterocycles. The van der Waals surface area contributed by atoms with Crippen molar-refractivity contribution in [1.29, 1.82) is 0 Å². The van der Waals surface area contributed by atoms with Gasteiger partial charge >= 0.3 is 5.97 Å². The van der Waals surface area contributed by atoms with E-state index in [4.69, 9.17) is 0 Å². The number of rotatable bonds is 5. The predicted octanol–water partition coefficient (Wildman–Crippen LogP) is 3.34. The van der Waals surface area contributed by atoms with E-state index in [2.05, 4.69) is 15.0 Å². The molecule has 0 bridgehead atoms. The van der Waals surface area contributed by atoms with Gasteiger partial charge in [0.1, 0.15) is 0 Å². The van der Waals surface area contributed by atoms with E-state index in [1.54, 1.807) is 26.1 Å². The third kappa shape index (κ3) is 3.72. The summed E-state index contributed by atoms with van der Waals surface area (Å²) >= 11 is 1.36. The van der Waals surface area contributed by atoms with Crippen molar-refractivity contribution in [3.05, 3.63) is 45.3 Å². The Morgan fingerprint density at radius 1 is 1.48 bits per heavy atom. The second-order valence-corrected chi connectivity index (χ2v) is 5.60. The highest BCUT2D eigenvalue weighted by Crippen LogP contribution is 2.36. The monoisotopic (exact) mass is 333 g/mol. The second kappa shape index (κ2) is 7.01. The molecule has 0 fully saturated rings. The molecule has 0 spiro atoms. The van der Waals surface area contributed by atoms with E-state index < -0.39 is 10.9 Å². The maximum Gasteiger partial charge on any atom is 0.330 e. The van der Waals surface area contributed by atoms with Crippen LogP contribution in [0.1, 0.15) is 11.8 Å². The largest absolute Gasteiger partial charge is 0.466 e. The molecule has 1 aromatic carbocycles. The smallest absolute Gasteiger partial charge is 0.330 e. The van der Waals surface area contributed by atoms with Crippen LogP contribution in [0.15, 0.2) is 30.3 Å². The lowest BCUT2D eigenvalue weighted by molar-refractivity contribution is -0.384. The van der Waals surface area contributed by atoms with Crippen LogP contribution in [0.3, 0.4) is 0 Å². The van der Waals surface area contributed by atoms with Gasteiger partial charge in [0.25, 0.3) is 5.69 Å². The number of benzene rings is 1. The first kappa shape index (κ1) is 16.6. The number of nitro benzene ring substituents is 1. The highest BCUT2D eigenvalue weighted by Gasteiger charge is 2.17. The fraction of sp³-hybridized carbons (Fsp3) is 0.200. The van der Waals surface area contributed by atoms with Crippen LogP contribution in [0.4, 0.5) is 10.8 Å². The van der Waals surface area contributed by atoms with Crippen LogP contribution in [0, 0.1) is 10.1 Å². The van der Waals surface area contributed by atoms with Crippen molar-refractivity contribution in [1.82, 2.24) is 4.98 Å². The van der Waals surface area contributed by atoms with Crippen molar-refractivity contribution in [2.75, 3.05) is 19.5 Å². The van der Waals surface area contributed by atoms with Gasteiger partial charge in [-0.15, -0.1) is 0 Å². The Morgan fingerprint density at radius 2 is 2.22 bits per heavy atom. The number of allylic oxidation sites excluding steroid dienone is 1. The Labute approximate surface area is 136 Å². The minimum atomic E-state index is -0.466. The van der Waals surface area contributed by atoms with Crippen molar-refractivity contribution in [2.24, 2.45) is 0 Å². The number of methoxy groups -OCH3 is 1. The molecule has 8 heteroatoms. The highest BCUT2D eigenvalue weighted by molar-refractivity contribution is 7.17. The average Bonchev–Trinajstić information content (AvgIpc) is 2.99. The minimum Gasteiger partial charge on any atom is -0.466 e. The van der Waals surface area contributed by atoms with E-state index in [1.807, 2.05) is 0 Å². The van der Waals surface area contributed by atoms with Gasteiger partial charge in [0, 0.05) is 30.8 Å². The maximum atomic E-state index is 11.4. The molecule has 0 atom stereocenters. The number of aromatic nitrogens is 1. The van der Waals surface area contributed by atoms with Crippen LogP contribution in [0.25, 0.3) is 16.8 Å². The van der Waals surface area contributed by atoms with Crippen LogP contribution in [0.2, 0.25) is 0 Å². The standard InChI is InChI=1S/C15H15N3O4S/c1-9(7-12(19)22-3)14-13(17-15(16-2)23-14)10-5-4-6-11(8-10)18(20)21/h4-8H,1-3H3,(H,16,17)/b9-7+. The van der Waals surface area contributed by atoms with Gasteiger partial charge in [-0.25, -0.2) is 9.78 Å². The molecule has 0 aliphatic heterocycles. The molecule has 7 nitrogen and oxygen atoms in total. The molecule has 0 aliphatic carbocycles. The van der Waals surface area contributed by atoms with E-state index in [1.165, 1.54) is 36.7 Å². The SMILES string of the molecule is CNc1nc(-c2cccc([N+](=O)[O-])c2)c(/C(C)=C/C(=O)OC)s1. The van der Waals surface area contributed by atoms with Crippen molar-refractivity contribution in [2.45, 2.75) is 6.92 Å². The van der Waals surface area contributed by atoms with Gasteiger partial charge in [-0.05, 0) is 12.5 Å². The van der Waals surface area contributed by atoms with Gasteiger partial charge < -0.3 is 10.1 Å².